The highest BCUT2D eigenvalue weighted by Crippen LogP contribution is 2.23. The van der Waals surface area contributed by atoms with Crippen molar-refractivity contribution >= 4 is 12.4 Å². The number of halogens is 1. The Morgan fingerprint density at radius 3 is 2.44 bits per heavy atom. The van der Waals surface area contributed by atoms with E-state index in [1.54, 1.807) is 0 Å². The van der Waals surface area contributed by atoms with Gasteiger partial charge >= 0.3 is 0 Å². The van der Waals surface area contributed by atoms with Crippen molar-refractivity contribution in [2.24, 2.45) is 5.73 Å². The van der Waals surface area contributed by atoms with Crippen LogP contribution in [0.25, 0.3) is 0 Å². The number of rotatable bonds is 3. The zero-order valence-corrected chi connectivity index (χ0v) is 10.1. The fourth-order valence-electron chi connectivity index (χ4n) is 1.83. The standard InChI is InChI=1S/C11H17N3O.ClH/c12-4-1-9-7-13-11(14-8-9)10-2-5-15-6-3-10;/h7-8,10H,1-6,12H2;1H. The number of hydrogen-bond donors (Lipinski definition) is 1. The van der Waals surface area contributed by atoms with Gasteiger partial charge in [-0.2, -0.15) is 0 Å². The van der Waals surface area contributed by atoms with Crippen LogP contribution in [-0.2, 0) is 11.2 Å². The Bertz CT molecular complexity index is 299. The quantitative estimate of drug-likeness (QED) is 0.869. The Morgan fingerprint density at radius 2 is 1.88 bits per heavy atom. The van der Waals surface area contributed by atoms with Crippen molar-refractivity contribution in [3.05, 3.63) is 23.8 Å². The minimum atomic E-state index is 0. The van der Waals surface area contributed by atoms with Gasteiger partial charge in [-0.15, -0.1) is 12.4 Å². The molecular formula is C11H18ClN3O. The van der Waals surface area contributed by atoms with Crippen LogP contribution < -0.4 is 5.73 Å². The summed E-state index contributed by atoms with van der Waals surface area (Å²) in [6.45, 7) is 2.32. The van der Waals surface area contributed by atoms with Crippen molar-refractivity contribution in [1.82, 2.24) is 9.97 Å². The van der Waals surface area contributed by atoms with Gasteiger partial charge < -0.3 is 10.5 Å². The van der Waals surface area contributed by atoms with E-state index in [9.17, 15) is 0 Å². The average Bonchev–Trinajstić information content (AvgIpc) is 2.32. The predicted octanol–water partition coefficient (Wildman–Crippen LogP) is 1.29. The minimum absolute atomic E-state index is 0. The van der Waals surface area contributed by atoms with Crippen LogP contribution in [0, 0.1) is 0 Å². The van der Waals surface area contributed by atoms with Crippen molar-refractivity contribution in [3.8, 4) is 0 Å². The summed E-state index contributed by atoms with van der Waals surface area (Å²) in [5.41, 5.74) is 6.59. The highest BCUT2D eigenvalue weighted by atomic mass is 35.5. The molecule has 0 aromatic carbocycles. The summed E-state index contributed by atoms with van der Waals surface area (Å²) in [7, 11) is 0. The van der Waals surface area contributed by atoms with Gasteiger partial charge in [0.15, 0.2) is 0 Å². The maximum atomic E-state index is 5.47. The van der Waals surface area contributed by atoms with Gasteiger partial charge in [0.25, 0.3) is 0 Å². The molecule has 90 valence electrons. The highest BCUT2D eigenvalue weighted by molar-refractivity contribution is 5.85. The second kappa shape index (κ2) is 6.78. The van der Waals surface area contributed by atoms with Crippen LogP contribution in [0.1, 0.15) is 30.1 Å². The molecule has 0 aliphatic carbocycles. The van der Waals surface area contributed by atoms with E-state index in [0.29, 0.717) is 12.5 Å². The Hall–Kier alpha value is -0.710. The molecule has 2 rings (SSSR count). The van der Waals surface area contributed by atoms with Gasteiger partial charge in [-0.05, 0) is 31.4 Å². The molecule has 5 heteroatoms. The molecular weight excluding hydrogens is 226 g/mol. The van der Waals surface area contributed by atoms with Crippen LogP contribution >= 0.6 is 12.4 Å². The third-order valence-electron chi connectivity index (χ3n) is 2.74. The van der Waals surface area contributed by atoms with E-state index < -0.39 is 0 Å². The lowest BCUT2D eigenvalue weighted by Crippen LogP contribution is -2.16. The van der Waals surface area contributed by atoms with Crippen LogP contribution in [0.5, 0.6) is 0 Å². The fraction of sp³-hybridized carbons (Fsp3) is 0.636. The molecule has 0 spiro atoms. The summed E-state index contributed by atoms with van der Waals surface area (Å²) >= 11 is 0. The Labute approximate surface area is 102 Å². The van der Waals surface area contributed by atoms with Crippen LogP contribution in [-0.4, -0.2) is 29.7 Å². The predicted molar refractivity (Wildman–Crippen MR) is 64.8 cm³/mol. The minimum Gasteiger partial charge on any atom is -0.381 e. The largest absolute Gasteiger partial charge is 0.381 e. The van der Waals surface area contributed by atoms with Crippen molar-refractivity contribution in [3.63, 3.8) is 0 Å². The fourth-order valence-corrected chi connectivity index (χ4v) is 1.83. The van der Waals surface area contributed by atoms with Gasteiger partial charge in [0.2, 0.25) is 0 Å². The zero-order chi connectivity index (χ0) is 10.5. The third-order valence-corrected chi connectivity index (χ3v) is 2.74. The summed E-state index contributed by atoms with van der Waals surface area (Å²) in [4.78, 5) is 8.80. The van der Waals surface area contributed by atoms with Crippen molar-refractivity contribution in [2.75, 3.05) is 19.8 Å². The molecule has 2 heterocycles. The average molecular weight is 244 g/mol. The summed E-state index contributed by atoms with van der Waals surface area (Å²) in [6, 6.07) is 0. The molecule has 1 saturated heterocycles. The normalized spacial score (nSPS) is 16.8. The Kier molecular flexibility index (Phi) is 5.66. The van der Waals surface area contributed by atoms with Gasteiger partial charge in [0.1, 0.15) is 5.82 Å². The molecule has 16 heavy (non-hydrogen) atoms. The highest BCUT2D eigenvalue weighted by Gasteiger charge is 2.17. The summed E-state index contributed by atoms with van der Waals surface area (Å²) in [5, 5.41) is 0. The molecule has 2 N–H and O–H groups in total. The molecule has 0 radical (unpaired) electrons. The van der Waals surface area contributed by atoms with Crippen LogP contribution in [0.2, 0.25) is 0 Å². The zero-order valence-electron chi connectivity index (χ0n) is 9.26. The molecule has 0 amide bonds. The lowest BCUT2D eigenvalue weighted by Gasteiger charge is -2.20. The van der Waals surface area contributed by atoms with E-state index in [-0.39, 0.29) is 12.4 Å². The van der Waals surface area contributed by atoms with E-state index in [1.807, 2.05) is 12.4 Å². The van der Waals surface area contributed by atoms with E-state index in [0.717, 1.165) is 43.9 Å². The molecule has 1 aliphatic heterocycles. The third kappa shape index (κ3) is 3.40. The Morgan fingerprint density at radius 1 is 1.25 bits per heavy atom. The molecule has 0 atom stereocenters. The molecule has 1 aliphatic rings. The topological polar surface area (TPSA) is 61.0 Å². The maximum Gasteiger partial charge on any atom is 0.131 e. The lowest BCUT2D eigenvalue weighted by atomic mass is 9.99. The molecule has 0 bridgehead atoms. The smallest absolute Gasteiger partial charge is 0.131 e. The van der Waals surface area contributed by atoms with Gasteiger partial charge in [-0.3, -0.25) is 0 Å². The number of hydrogen-bond acceptors (Lipinski definition) is 4. The first-order valence-corrected chi connectivity index (χ1v) is 5.49. The van der Waals surface area contributed by atoms with Crippen molar-refractivity contribution in [2.45, 2.75) is 25.2 Å². The first-order chi connectivity index (χ1) is 7.40. The van der Waals surface area contributed by atoms with Crippen LogP contribution in [0.15, 0.2) is 12.4 Å². The molecule has 0 unspecified atom stereocenters. The molecule has 1 aromatic rings. The first kappa shape index (κ1) is 13.4. The van der Waals surface area contributed by atoms with Gasteiger partial charge in [-0.25, -0.2) is 9.97 Å². The van der Waals surface area contributed by atoms with Crippen molar-refractivity contribution in [1.29, 1.82) is 0 Å². The van der Waals surface area contributed by atoms with Crippen molar-refractivity contribution < 1.29 is 4.74 Å². The Balaban J connectivity index is 0.00000128. The monoisotopic (exact) mass is 243 g/mol. The van der Waals surface area contributed by atoms with Crippen LogP contribution in [0.3, 0.4) is 0 Å². The van der Waals surface area contributed by atoms with E-state index in [4.69, 9.17) is 10.5 Å². The molecule has 4 nitrogen and oxygen atoms in total. The van der Waals surface area contributed by atoms with E-state index in [2.05, 4.69) is 9.97 Å². The second-order valence-corrected chi connectivity index (χ2v) is 3.87. The lowest BCUT2D eigenvalue weighted by molar-refractivity contribution is 0.0835. The number of ether oxygens (including phenoxy) is 1. The summed E-state index contributed by atoms with van der Waals surface area (Å²) in [5.74, 6) is 1.43. The van der Waals surface area contributed by atoms with Gasteiger partial charge in [0.05, 0.1) is 0 Å². The number of nitrogens with two attached hydrogens (primary N) is 1. The molecule has 0 saturated carbocycles. The maximum absolute atomic E-state index is 5.47. The second-order valence-electron chi connectivity index (χ2n) is 3.87. The first-order valence-electron chi connectivity index (χ1n) is 5.49. The summed E-state index contributed by atoms with van der Waals surface area (Å²) in [6.07, 6.45) is 6.72. The summed E-state index contributed by atoms with van der Waals surface area (Å²) < 4.78 is 5.31. The SMILES string of the molecule is Cl.NCCc1cnc(C2CCOCC2)nc1. The van der Waals surface area contributed by atoms with Crippen LogP contribution in [0.4, 0.5) is 0 Å². The molecule has 1 aromatic heterocycles. The van der Waals surface area contributed by atoms with Gasteiger partial charge in [-0.1, -0.05) is 0 Å². The van der Waals surface area contributed by atoms with E-state index in [1.165, 1.54) is 0 Å². The van der Waals surface area contributed by atoms with E-state index >= 15 is 0 Å². The molecule has 1 fully saturated rings. The number of aromatic nitrogens is 2. The van der Waals surface area contributed by atoms with Gasteiger partial charge in [0, 0.05) is 31.5 Å². The number of nitrogens with zero attached hydrogens (tertiary/aromatic N) is 2.